The fourth-order valence-corrected chi connectivity index (χ4v) is 3.33. The molecule has 8 nitrogen and oxygen atoms in total. The summed E-state index contributed by atoms with van der Waals surface area (Å²) in [7, 11) is 0. The highest BCUT2D eigenvalue weighted by atomic mass is 19.4. The molecular formula is C23H26F3N7O. The summed E-state index contributed by atoms with van der Waals surface area (Å²) in [4.78, 5) is 12.7. The van der Waals surface area contributed by atoms with Gasteiger partial charge in [-0.1, -0.05) is 24.3 Å². The van der Waals surface area contributed by atoms with Crippen LogP contribution >= 0.6 is 0 Å². The number of anilines is 2. The normalized spacial score (nSPS) is 13.1. The zero-order valence-electron chi connectivity index (χ0n) is 19.4. The van der Waals surface area contributed by atoms with E-state index in [1.54, 1.807) is 35.9 Å². The van der Waals surface area contributed by atoms with Crippen LogP contribution in [-0.4, -0.2) is 32.1 Å². The molecule has 3 rings (SSSR count). The van der Waals surface area contributed by atoms with Gasteiger partial charge >= 0.3 is 6.18 Å². The topological polar surface area (TPSA) is 125 Å². The molecule has 0 saturated heterocycles. The fourth-order valence-electron chi connectivity index (χ4n) is 3.33. The minimum absolute atomic E-state index is 0.00848. The molecule has 1 aromatic carbocycles. The van der Waals surface area contributed by atoms with Gasteiger partial charge in [-0.3, -0.25) is 9.89 Å². The van der Waals surface area contributed by atoms with E-state index in [4.69, 9.17) is 5.73 Å². The number of nitrogens with zero attached hydrogens (tertiary/aromatic N) is 4. The molecule has 2 heterocycles. The van der Waals surface area contributed by atoms with Gasteiger partial charge in [0.05, 0.1) is 11.6 Å². The average molecular weight is 474 g/mol. The second-order valence-electron chi connectivity index (χ2n) is 8.88. The number of aromatic amines is 1. The fraction of sp³-hybridized carbons (Fsp3) is 0.391. The van der Waals surface area contributed by atoms with Gasteiger partial charge in [-0.05, 0) is 40.2 Å². The molecule has 0 saturated carbocycles. The number of carbonyl (C=O) groups is 1. The van der Waals surface area contributed by atoms with Crippen molar-refractivity contribution in [1.29, 1.82) is 5.26 Å². The summed E-state index contributed by atoms with van der Waals surface area (Å²) in [5.41, 5.74) is 5.83. The maximum Gasteiger partial charge on any atom is 0.399 e. The number of benzene rings is 1. The zero-order valence-corrected chi connectivity index (χ0v) is 19.4. The van der Waals surface area contributed by atoms with E-state index in [1.165, 1.54) is 6.07 Å². The van der Waals surface area contributed by atoms with E-state index in [0.717, 1.165) is 13.8 Å². The molecule has 0 bridgehead atoms. The zero-order chi connectivity index (χ0) is 25.4. The van der Waals surface area contributed by atoms with E-state index in [2.05, 4.69) is 26.7 Å². The summed E-state index contributed by atoms with van der Waals surface area (Å²) < 4.78 is 41.3. The van der Waals surface area contributed by atoms with Crippen LogP contribution in [0.2, 0.25) is 0 Å². The van der Waals surface area contributed by atoms with Crippen molar-refractivity contribution in [2.45, 2.75) is 58.2 Å². The number of nitrogens with one attached hydrogen (secondary N) is 2. The molecular weight excluding hydrogens is 447 g/mol. The molecule has 0 fully saturated rings. The van der Waals surface area contributed by atoms with Gasteiger partial charge in [0.15, 0.2) is 5.82 Å². The molecule has 4 N–H and O–H groups in total. The van der Waals surface area contributed by atoms with E-state index in [-0.39, 0.29) is 28.9 Å². The average Bonchev–Trinajstić information content (AvgIpc) is 3.37. The molecule has 11 heteroatoms. The first-order valence-electron chi connectivity index (χ1n) is 10.6. The van der Waals surface area contributed by atoms with Gasteiger partial charge in [0.25, 0.3) is 0 Å². The van der Waals surface area contributed by atoms with Crippen molar-refractivity contribution < 1.29 is 18.0 Å². The Balaban J connectivity index is 1.77. The third-order valence-electron chi connectivity index (χ3n) is 5.84. The molecule has 0 aliphatic carbocycles. The number of hydrogen-bond donors (Lipinski definition) is 3. The number of hydrogen-bond acceptors (Lipinski definition) is 5. The summed E-state index contributed by atoms with van der Waals surface area (Å²) in [6.45, 7) is 7.55. The Morgan fingerprint density at radius 1 is 1.21 bits per heavy atom. The van der Waals surface area contributed by atoms with Crippen LogP contribution in [0.15, 0.2) is 30.3 Å². The molecule has 2 aromatic heterocycles. The van der Waals surface area contributed by atoms with E-state index < -0.39 is 23.4 Å². The van der Waals surface area contributed by atoms with Gasteiger partial charge in [0.1, 0.15) is 28.6 Å². The highest BCUT2D eigenvalue weighted by Gasteiger charge is 2.49. The first kappa shape index (κ1) is 24.8. The number of rotatable bonds is 6. The molecule has 180 valence electrons. The van der Waals surface area contributed by atoms with Crippen LogP contribution in [0.1, 0.15) is 63.4 Å². The highest BCUT2D eigenvalue weighted by molar-refractivity contribution is 5.95. The summed E-state index contributed by atoms with van der Waals surface area (Å²) >= 11 is 0. The van der Waals surface area contributed by atoms with Crippen molar-refractivity contribution in [1.82, 2.24) is 20.0 Å². The van der Waals surface area contributed by atoms with Gasteiger partial charge < -0.3 is 11.1 Å². The molecule has 1 unspecified atom stereocenters. The van der Waals surface area contributed by atoms with Gasteiger partial charge in [0, 0.05) is 17.7 Å². The number of nitriles is 1. The first-order valence-corrected chi connectivity index (χ1v) is 10.6. The smallest absolute Gasteiger partial charge is 0.383 e. The summed E-state index contributed by atoms with van der Waals surface area (Å²) in [6, 6.07) is 10.2. The summed E-state index contributed by atoms with van der Waals surface area (Å²) in [5.74, 6) is -0.745. The third kappa shape index (κ3) is 4.48. The molecule has 0 radical (unpaired) electrons. The number of nitrogen functional groups attached to an aromatic ring is 1. The Labute approximate surface area is 195 Å². The van der Waals surface area contributed by atoms with Crippen molar-refractivity contribution in [3.8, 4) is 17.3 Å². The lowest BCUT2D eigenvalue weighted by molar-refractivity contribution is -0.181. The Morgan fingerprint density at radius 3 is 2.35 bits per heavy atom. The van der Waals surface area contributed by atoms with Crippen molar-refractivity contribution in [2.24, 2.45) is 0 Å². The summed E-state index contributed by atoms with van der Waals surface area (Å²) in [6.07, 6.45) is -4.48. The lowest BCUT2D eigenvalue weighted by Crippen LogP contribution is -2.36. The van der Waals surface area contributed by atoms with Gasteiger partial charge in [-0.15, -0.1) is 0 Å². The van der Waals surface area contributed by atoms with Crippen LogP contribution in [0.3, 0.4) is 0 Å². The molecule has 0 spiro atoms. The molecule has 1 atom stereocenters. The Hall–Kier alpha value is -3.81. The monoisotopic (exact) mass is 473 g/mol. The van der Waals surface area contributed by atoms with Gasteiger partial charge in [-0.2, -0.15) is 28.6 Å². The first-order chi connectivity index (χ1) is 15.8. The van der Waals surface area contributed by atoms with Crippen molar-refractivity contribution in [3.05, 3.63) is 47.2 Å². The SMILES string of the molecule is CC(C(=O)Nc1cc(C(C)(C)C(F)(F)F)[nH]n1)c1ccc(-c2nn(C(C)C)c(N)c2C#N)cc1. The van der Waals surface area contributed by atoms with Crippen molar-refractivity contribution in [2.75, 3.05) is 11.1 Å². The van der Waals surface area contributed by atoms with E-state index in [9.17, 15) is 23.2 Å². The van der Waals surface area contributed by atoms with E-state index in [1.807, 2.05) is 13.8 Å². The number of alkyl halides is 3. The van der Waals surface area contributed by atoms with Crippen molar-refractivity contribution >= 4 is 17.5 Å². The molecule has 34 heavy (non-hydrogen) atoms. The Morgan fingerprint density at radius 2 is 1.82 bits per heavy atom. The summed E-state index contributed by atoms with van der Waals surface area (Å²) in [5, 5.41) is 22.7. The minimum Gasteiger partial charge on any atom is -0.383 e. The predicted molar refractivity (Wildman–Crippen MR) is 122 cm³/mol. The van der Waals surface area contributed by atoms with E-state index >= 15 is 0 Å². The molecule has 3 aromatic rings. The van der Waals surface area contributed by atoms with Gasteiger partial charge in [0.2, 0.25) is 5.91 Å². The van der Waals surface area contributed by atoms with Crippen molar-refractivity contribution in [3.63, 3.8) is 0 Å². The largest absolute Gasteiger partial charge is 0.399 e. The second kappa shape index (κ2) is 8.85. The number of aromatic nitrogens is 4. The van der Waals surface area contributed by atoms with Crippen LogP contribution in [0.4, 0.5) is 24.8 Å². The number of nitrogens with two attached hydrogens (primary N) is 1. The Bertz CT molecular complexity index is 1230. The Kier molecular flexibility index (Phi) is 6.46. The maximum atomic E-state index is 13.2. The minimum atomic E-state index is -4.48. The predicted octanol–water partition coefficient (Wildman–Crippen LogP) is 4.89. The van der Waals surface area contributed by atoms with Crippen LogP contribution in [0.25, 0.3) is 11.3 Å². The standard InChI is InChI=1S/C23H26F3N7O/c1-12(2)33-20(28)16(11-27)19(32-33)15-8-6-14(7-9-15)13(3)21(34)29-18-10-17(30-31-18)22(4,5)23(24,25)26/h6-10,12-13H,28H2,1-5H3,(H2,29,30,31,34). The molecule has 0 aliphatic heterocycles. The van der Waals surface area contributed by atoms with Crippen LogP contribution < -0.4 is 11.1 Å². The van der Waals surface area contributed by atoms with Crippen LogP contribution in [0, 0.1) is 11.3 Å². The van der Waals surface area contributed by atoms with E-state index in [0.29, 0.717) is 16.8 Å². The number of amides is 1. The number of H-pyrrole nitrogens is 1. The maximum absolute atomic E-state index is 13.2. The van der Waals surface area contributed by atoms with Gasteiger partial charge in [-0.25, -0.2) is 4.68 Å². The molecule has 0 aliphatic rings. The quantitative estimate of drug-likeness (QED) is 0.470. The number of halogens is 3. The number of carbonyl (C=O) groups excluding carboxylic acids is 1. The lowest BCUT2D eigenvalue weighted by Gasteiger charge is -2.25. The molecule has 1 amide bonds. The van der Waals surface area contributed by atoms with Crippen LogP contribution in [0.5, 0.6) is 0 Å². The lowest BCUT2D eigenvalue weighted by atomic mass is 9.89. The van der Waals surface area contributed by atoms with Crippen LogP contribution in [-0.2, 0) is 10.2 Å². The third-order valence-corrected chi connectivity index (χ3v) is 5.84. The second-order valence-corrected chi connectivity index (χ2v) is 8.88. The highest BCUT2D eigenvalue weighted by Crippen LogP contribution is 2.40.